The van der Waals surface area contributed by atoms with Crippen LogP contribution >= 0.6 is 0 Å². The molecule has 5 nitrogen and oxygen atoms in total. The van der Waals surface area contributed by atoms with E-state index in [9.17, 15) is 4.79 Å². The van der Waals surface area contributed by atoms with Crippen LogP contribution in [0.15, 0.2) is 23.9 Å². The van der Waals surface area contributed by atoms with Crippen molar-refractivity contribution in [3.05, 3.63) is 29.6 Å². The third-order valence-corrected chi connectivity index (χ3v) is 4.07. The minimum atomic E-state index is -0.125. The average Bonchev–Trinajstić information content (AvgIpc) is 2.60. The van der Waals surface area contributed by atoms with Crippen LogP contribution in [-0.4, -0.2) is 29.0 Å². The van der Waals surface area contributed by atoms with Gasteiger partial charge in [0.05, 0.1) is 0 Å². The molecule has 0 saturated carbocycles. The molecule has 1 heterocycles. The van der Waals surface area contributed by atoms with Crippen LogP contribution in [0, 0.1) is 0 Å². The second-order valence-electron chi connectivity index (χ2n) is 6.01. The van der Waals surface area contributed by atoms with E-state index in [2.05, 4.69) is 33.6 Å². The van der Waals surface area contributed by atoms with Crippen LogP contribution in [0.2, 0.25) is 0 Å². The van der Waals surface area contributed by atoms with E-state index >= 15 is 0 Å². The zero-order valence-corrected chi connectivity index (χ0v) is 14.1. The summed E-state index contributed by atoms with van der Waals surface area (Å²) in [5, 5.41) is 6.12. The van der Waals surface area contributed by atoms with Crippen LogP contribution < -0.4 is 10.6 Å². The Bertz CT molecular complexity index is 528. The van der Waals surface area contributed by atoms with Crippen molar-refractivity contribution in [3.63, 3.8) is 0 Å². The SMILES string of the molecule is CCCCCNc1nccc(C(=O)NCCC2=CCCCC2)n1. The maximum absolute atomic E-state index is 12.2. The highest BCUT2D eigenvalue weighted by Gasteiger charge is 2.09. The molecule has 0 spiro atoms. The average molecular weight is 316 g/mol. The summed E-state index contributed by atoms with van der Waals surface area (Å²) in [6.45, 7) is 3.69. The molecule has 1 aromatic rings. The van der Waals surface area contributed by atoms with Gasteiger partial charge >= 0.3 is 0 Å². The van der Waals surface area contributed by atoms with Gasteiger partial charge in [-0.05, 0) is 44.6 Å². The number of allylic oxidation sites excluding steroid dienone is 1. The Kier molecular flexibility index (Phi) is 7.57. The molecule has 0 aliphatic heterocycles. The fraction of sp³-hybridized carbons (Fsp3) is 0.611. The molecule has 0 fully saturated rings. The number of nitrogens with one attached hydrogen (secondary N) is 2. The van der Waals surface area contributed by atoms with Crippen molar-refractivity contribution in [1.29, 1.82) is 0 Å². The lowest BCUT2D eigenvalue weighted by Gasteiger charge is -2.13. The lowest BCUT2D eigenvalue weighted by atomic mass is 9.97. The Balaban J connectivity index is 1.76. The number of carbonyl (C=O) groups is 1. The summed E-state index contributed by atoms with van der Waals surface area (Å²) in [5.74, 6) is 0.407. The Morgan fingerprint density at radius 1 is 1.26 bits per heavy atom. The minimum absolute atomic E-state index is 0.125. The molecule has 2 rings (SSSR count). The second-order valence-corrected chi connectivity index (χ2v) is 6.01. The zero-order chi connectivity index (χ0) is 16.3. The summed E-state index contributed by atoms with van der Waals surface area (Å²) in [7, 11) is 0. The first kappa shape index (κ1) is 17.4. The molecule has 23 heavy (non-hydrogen) atoms. The maximum atomic E-state index is 12.2. The summed E-state index contributed by atoms with van der Waals surface area (Å²) in [4.78, 5) is 20.6. The number of carbonyl (C=O) groups excluding carboxylic acids is 1. The first-order chi connectivity index (χ1) is 11.3. The zero-order valence-electron chi connectivity index (χ0n) is 14.1. The van der Waals surface area contributed by atoms with Crippen molar-refractivity contribution in [2.75, 3.05) is 18.4 Å². The molecule has 5 heteroatoms. The maximum Gasteiger partial charge on any atom is 0.270 e. The van der Waals surface area contributed by atoms with E-state index < -0.39 is 0 Å². The number of anilines is 1. The number of unbranched alkanes of at least 4 members (excludes halogenated alkanes) is 2. The van der Waals surface area contributed by atoms with Gasteiger partial charge in [-0.1, -0.05) is 31.4 Å². The van der Waals surface area contributed by atoms with E-state index in [-0.39, 0.29) is 5.91 Å². The van der Waals surface area contributed by atoms with Crippen LogP contribution in [-0.2, 0) is 0 Å². The van der Waals surface area contributed by atoms with Crippen LogP contribution in [0.1, 0.15) is 68.8 Å². The molecular formula is C18H28N4O. The van der Waals surface area contributed by atoms with Crippen molar-refractivity contribution in [2.24, 2.45) is 0 Å². The Labute approximate surface area is 139 Å². The highest BCUT2D eigenvalue weighted by atomic mass is 16.1. The fourth-order valence-electron chi connectivity index (χ4n) is 2.70. The van der Waals surface area contributed by atoms with Crippen molar-refractivity contribution >= 4 is 11.9 Å². The smallest absolute Gasteiger partial charge is 0.270 e. The third-order valence-electron chi connectivity index (χ3n) is 4.07. The molecule has 2 N–H and O–H groups in total. The van der Waals surface area contributed by atoms with Crippen molar-refractivity contribution in [2.45, 2.75) is 58.3 Å². The van der Waals surface area contributed by atoms with Crippen molar-refractivity contribution in [1.82, 2.24) is 15.3 Å². The monoisotopic (exact) mass is 316 g/mol. The normalized spacial score (nSPS) is 14.2. The number of hydrogen-bond acceptors (Lipinski definition) is 4. The quantitative estimate of drug-likeness (QED) is 0.538. The van der Waals surface area contributed by atoms with Gasteiger partial charge in [0.15, 0.2) is 0 Å². The summed E-state index contributed by atoms with van der Waals surface area (Å²) >= 11 is 0. The van der Waals surface area contributed by atoms with E-state index in [1.54, 1.807) is 12.3 Å². The Morgan fingerprint density at radius 2 is 2.17 bits per heavy atom. The van der Waals surface area contributed by atoms with Crippen LogP contribution in [0.4, 0.5) is 5.95 Å². The third kappa shape index (κ3) is 6.38. The van der Waals surface area contributed by atoms with Crippen molar-refractivity contribution < 1.29 is 4.79 Å². The molecule has 0 unspecified atom stereocenters. The van der Waals surface area contributed by atoms with Gasteiger partial charge in [0, 0.05) is 19.3 Å². The number of amides is 1. The first-order valence-electron chi connectivity index (χ1n) is 8.82. The van der Waals surface area contributed by atoms with Gasteiger partial charge in [0.25, 0.3) is 5.91 Å². The summed E-state index contributed by atoms with van der Waals surface area (Å²) in [6, 6.07) is 1.66. The minimum Gasteiger partial charge on any atom is -0.354 e. The largest absolute Gasteiger partial charge is 0.354 e. The van der Waals surface area contributed by atoms with E-state index in [0.29, 0.717) is 18.2 Å². The van der Waals surface area contributed by atoms with Gasteiger partial charge in [-0.2, -0.15) is 0 Å². The van der Waals surface area contributed by atoms with E-state index in [4.69, 9.17) is 0 Å². The molecular weight excluding hydrogens is 288 g/mol. The Morgan fingerprint density at radius 3 is 2.96 bits per heavy atom. The molecule has 1 amide bonds. The van der Waals surface area contributed by atoms with E-state index in [1.807, 2.05) is 0 Å². The van der Waals surface area contributed by atoms with Crippen LogP contribution in [0.25, 0.3) is 0 Å². The molecule has 126 valence electrons. The fourth-order valence-corrected chi connectivity index (χ4v) is 2.70. The lowest BCUT2D eigenvalue weighted by molar-refractivity contribution is 0.0949. The molecule has 0 bridgehead atoms. The van der Waals surface area contributed by atoms with Gasteiger partial charge in [0.1, 0.15) is 5.69 Å². The van der Waals surface area contributed by atoms with Gasteiger partial charge in [0.2, 0.25) is 5.95 Å². The Hall–Kier alpha value is -1.91. The highest BCUT2D eigenvalue weighted by Crippen LogP contribution is 2.19. The number of aromatic nitrogens is 2. The molecule has 1 aromatic heterocycles. The molecule has 0 radical (unpaired) electrons. The summed E-state index contributed by atoms with van der Waals surface area (Å²) < 4.78 is 0. The molecule has 0 atom stereocenters. The predicted molar refractivity (Wildman–Crippen MR) is 93.5 cm³/mol. The highest BCUT2D eigenvalue weighted by molar-refractivity contribution is 5.92. The van der Waals surface area contributed by atoms with Gasteiger partial charge in [-0.3, -0.25) is 4.79 Å². The number of rotatable bonds is 9. The molecule has 0 saturated heterocycles. The summed E-state index contributed by atoms with van der Waals surface area (Å²) in [5.41, 5.74) is 1.90. The molecule has 1 aliphatic rings. The number of nitrogens with zero attached hydrogens (tertiary/aromatic N) is 2. The predicted octanol–water partition coefficient (Wildman–Crippen LogP) is 3.70. The molecule has 0 aromatic carbocycles. The van der Waals surface area contributed by atoms with Gasteiger partial charge in [-0.25, -0.2) is 9.97 Å². The van der Waals surface area contributed by atoms with Crippen molar-refractivity contribution in [3.8, 4) is 0 Å². The van der Waals surface area contributed by atoms with Gasteiger partial charge in [-0.15, -0.1) is 0 Å². The topological polar surface area (TPSA) is 66.9 Å². The molecule has 1 aliphatic carbocycles. The van der Waals surface area contributed by atoms with Gasteiger partial charge < -0.3 is 10.6 Å². The lowest BCUT2D eigenvalue weighted by Crippen LogP contribution is -2.26. The van der Waals surface area contributed by atoms with Crippen LogP contribution in [0.3, 0.4) is 0 Å². The van der Waals surface area contributed by atoms with E-state index in [1.165, 1.54) is 44.1 Å². The standard InChI is InChI=1S/C18H28N4O/c1-2-3-7-12-20-18-21-14-11-16(22-18)17(23)19-13-10-15-8-5-4-6-9-15/h8,11,14H,2-7,9-10,12-13H2,1H3,(H,19,23)(H,20,21,22). The number of hydrogen-bond donors (Lipinski definition) is 2. The van der Waals surface area contributed by atoms with Crippen LogP contribution in [0.5, 0.6) is 0 Å². The summed E-state index contributed by atoms with van der Waals surface area (Å²) in [6.07, 6.45) is 13.3. The first-order valence-corrected chi connectivity index (χ1v) is 8.82. The second kappa shape index (κ2) is 9.98. The van der Waals surface area contributed by atoms with E-state index in [0.717, 1.165) is 19.4 Å².